The molecule has 2 heterocycles. The van der Waals surface area contributed by atoms with Crippen LogP contribution >= 0.6 is 0 Å². The van der Waals surface area contributed by atoms with E-state index in [1.165, 1.54) is 5.56 Å². The van der Waals surface area contributed by atoms with Gasteiger partial charge in [0.1, 0.15) is 0 Å². The maximum atomic E-state index is 13.1. The smallest absolute Gasteiger partial charge is 0.254 e. The Kier molecular flexibility index (Phi) is 5.88. The Morgan fingerprint density at radius 2 is 1.93 bits per heavy atom. The van der Waals surface area contributed by atoms with Gasteiger partial charge >= 0.3 is 0 Å². The molecule has 0 spiro atoms. The van der Waals surface area contributed by atoms with E-state index in [0.717, 1.165) is 42.7 Å². The SMILES string of the molecule is Cc1c(NC(C)C(C)C)cccc1C(=O)N1CCC(c2cnn(C)c2)CC1. The quantitative estimate of drug-likeness (QED) is 0.860. The van der Waals surface area contributed by atoms with Crippen LogP contribution < -0.4 is 5.32 Å². The van der Waals surface area contributed by atoms with Crippen LogP contribution in [0, 0.1) is 12.8 Å². The first-order valence-electron chi connectivity index (χ1n) is 10.0. The molecule has 1 N–H and O–H groups in total. The number of amides is 1. The molecule has 27 heavy (non-hydrogen) atoms. The number of piperidine rings is 1. The summed E-state index contributed by atoms with van der Waals surface area (Å²) in [5, 5.41) is 7.84. The number of carbonyl (C=O) groups is 1. The second-order valence-electron chi connectivity index (χ2n) is 8.17. The molecule has 5 nitrogen and oxygen atoms in total. The molecule has 1 unspecified atom stereocenters. The largest absolute Gasteiger partial charge is 0.382 e. The third-order valence-corrected chi connectivity index (χ3v) is 5.93. The van der Waals surface area contributed by atoms with E-state index in [-0.39, 0.29) is 5.91 Å². The van der Waals surface area contributed by atoms with Crippen molar-refractivity contribution in [2.24, 2.45) is 13.0 Å². The Morgan fingerprint density at radius 1 is 1.22 bits per heavy atom. The number of aryl methyl sites for hydroxylation is 1. The third-order valence-electron chi connectivity index (χ3n) is 5.93. The summed E-state index contributed by atoms with van der Waals surface area (Å²) in [6, 6.07) is 6.37. The Labute approximate surface area is 162 Å². The highest BCUT2D eigenvalue weighted by Crippen LogP contribution is 2.29. The highest BCUT2D eigenvalue weighted by molar-refractivity contribution is 5.97. The summed E-state index contributed by atoms with van der Waals surface area (Å²) in [5.41, 5.74) is 4.21. The van der Waals surface area contributed by atoms with Crippen LogP contribution in [-0.2, 0) is 7.05 Å². The molecule has 2 aromatic rings. The van der Waals surface area contributed by atoms with E-state index >= 15 is 0 Å². The standard InChI is InChI=1S/C22H32N4O/c1-15(2)17(4)24-21-8-6-7-20(16(21)3)22(27)26-11-9-18(10-12-26)19-13-23-25(5)14-19/h6-8,13-15,17-18,24H,9-12H2,1-5H3. The van der Waals surface area contributed by atoms with E-state index in [1.807, 2.05) is 41.9 Å². The monoisotopic (exact) mass is 368 g/mol. The van der Waals surface area contributed by atoms with E-state index in [1.54, 1.807) is 0 Å². The van der Waals surface area contributed by atoms with Crippen LogP contribution in [0.2, 0.25) is 0 Å². The summed E-state index contributed by atoms with van der Waals surface area (Å²) in [4.78, 5) is 15.1. The van der Waals surface area contributed by atoms with Gasteiger partial charge < -0.3 is 10.2 Å². The Morgan fingerprint density at radius 3 is 2.52 bits per heavy atom. The van der Waals surface area contributed by atoms with Gasteiger partial charge in [-0.3, -0.25) is 9.48 Å². The molecule has 1 amide bonds. The fraction of sp³-hybridized carbons (Fsp3) is 0.545. The minimum absolute atomic E-state index is 0.151. The van der Waals surface area contributed by atoms with Crippen LogP contribution in [-0.4, -0.2) is 39.7 Å². The highest BCUT2D eigenvalue weighted by atomic mass is 16.2. The lowest BCUT2D eigenvalue weighted by Crippen LogP contribution is -2.38. The van der Waals surface area contributed by atoms with Crippen molar-refractivity contribution in [1.82, 2.24) is 14.7 Å². The lowest BCUT2D eigenvalue weighted by molar-refractivity contribution is 0.0712. The summed E-state index contributed by atoms with van der Waals surface area (Å²) >= 11 is 0. The van der Waals surface area contributed by atoms with Crippen molar-refractivity contribution >= 4 is 11.6 Å². The van der Waals surface area contributed by atoms with Crippen molar-refractivity contribution in [3.8, 4) is 0 Å². The van der Waals surface area contributed by atoms with Crippen molar-refractivity contribution in [2.75, 3.05) is 18.4 Å². The van der Waals surface area contributed by atoms with Gasteiger partial charge in [-0.15, -0.1) is 0 Å². The first-order chi connectivity index (χ1) is 12.9. The number of carbonyl (C=O) groups excluding carboxylic acids is 1. The van der Waals surface area contributed by atoms with Gasteiger partial charge in [-0.1, -0.05) is 19.9 Å². The van der Waals surface area contributed by atoms with Crippen molar-refractivity contribution in [1.29, 1.82) is 0 Å². The van der Waals surface area contributed by atoms with Crippen LogP contribution in [0.3, 0.4) is 0 Å². The van der Waals surface area contributed by atoms with Gasteiger partial charge in [0.05, 0.1) is 6.20 Å². The molecular formula is C22H32N4O. The molecule has 0 saturated carbocycles. The number of hydrogen-bond donors (Lipinski definition) is 1. The van der Waals surface area contributed by atoms with Crippen molar-refractivity contribution < 1.29 is 4.79 Å². The minimum atomic E-state index is 0.151. The average Bonchev–Trinajstić information content (AvgIpc) is 3.09. The van der Waals surface area contributed by atoms with Gasteiger partial charge in [-0.2, -0.15) is 5.10 Å². The highest BCUT2D eigenvalue weighted by Gasteiger charge is 2.26. The molecule has 0 radical (unpaired) electrons. The topological polar surface area (TPSA) is 50.2 Å². The summed E-state index contributed by atoms with van der Waals surface area (Å²) in [5.74, 6) is 1.19. The zero-order chi connectivity index (χ0) is 19.6. The number of nitrogens with one attached hydrogen (secondary N) is 1. The summed E-state index contributed by atoms with van der Waals surface area (Å²) in [7, 11) is 1.95. The summed E-state index contributed by atoms with van der Waals surface area (Å²) in [6.07, 6.45) is 6.05. The Hall–Kier alpha value is -2.30. The molecule has 1 aliphatic rings. The van der Waals surface area contributed by atoms with Gasteiger partial charge in [-0.25, -0.2) is 0 Å². The van der Waals surface area contributed by atoms with Crippen LogP contribution in [0.1, 0.15) is 61.0 Å². The molecule has 1 aliphatic heterocycles. The molecule has 1 aromatic carbocycles. The van der Waals surface area contributed by atoms with E-state index in [9.17, 15) is 4.79 Å². The lowest BCUT2D eigenvalue weighted by atomic mass is 9.91. The first kappa shape index (κ1) is 19.5. The zero-order valence-corrected chi connectivity index (χ0v) is 17.2. The van der Waals surface area contributed by atoms with Crippen molar-refractivity contribution in [2.45, 2.75) is 52.5 Å². The molecule has 1 saturated heterocycles. The summed E-state index contributed by atoms with van der Waals surface area (Å²) in [6.45, 7) is 10.2. The van der Waals surface area contributed by atoms with E-state index in [0.29, 0.717) is 17.9 Å². The van der Waals surface area contributed by atoms with Gasteiger partial charge in [0, 0.05) is 43.6 Å². The fourth-order valence-corrected chi connectivity index (χ4v) is 3.67. The second-order valence-corrected chi connectivity index (χ2v) is 8.17. The van der Waals surface area contributed by atoms with E-state index in [4.69, 9.17) is 0 Å². The first-order valence-corrected chi connectivity index (χ1v) is 10.0. The van der Waals surface area contributed by atoms with Gasteiger partial charge in [0.15, 0.2) is 0 Å². The third kappa shape index (κ3) is 4.34. The van der Waals surface area contributed by atoms with Crippen LogP contribution in [0.5, 0.6) is 0 Å². The number of benzene rings is 1. The number of anilines is 1. The molecule has 1 atom stereocenters. The molecule has 0 bridgehead atoms. The van der Waals surface area contributed by atoms with Crippen LogP contribution in [0.4, 0.5) is 5.69 Å². The molecule has 0 aliphatic carbocycles. The Balaban J connectivity index is 1.68. The number of nitrogens with zero attached hydrogens (tertiary/aromatic N) is 3. The molecule has 146 valence electrons. The van der Waals surface area contributed by atoms with E-state index in [2.05, 4.69) is 43.4 Å². The van der Waals surface area contributed by atoms with Gasteiger partial charge in [-0.05, 0) is 61.8 Å². The normalized spacial score (nSPS) is 16.6. The molecule has 1 fully saturated rings. The van der Waals surface area contributed by atoms with E-state index < -0.39 is 0 Å². The van der Waals surface area contributed by atoms with Gasteiger partial charge in [0.2, 0.25) is 0 Å². The number of aromatic nitrogens is 2. The zero-order valence-electron chi connectivity index (χ0n) is 17.2. The maximum absolute atomic E-state index is 13.1. The number of rotatable bonds is 5. The Bertz CT molecular complexity index is 787. The van der Waals surface area contributed by atoms with Crippen molar-refractivity contribution in [3.63, 3.8) is 0 Å². The number of hydrogen-bond acceptors (Lipinski definition) is 3. The van der Waals surface area contributed by atoms with Gasteiger partial charge in [0.25, 0.3) is 5.91 Å². The van der Waals surface area contributed by atoms with Crippen LogP contribution in [0.25, 0.3) is 0 Å². The molecule has 3 rings (SSSR count). The molecule has 1 aromatic heterocycles. The summed E-state index contributed by atoms with van der Waals surface area (Å²) < 4.78 is 1.85. The molecular weight excluding hydrogens is 336 g/mol. The van der Waals surface area contributed by atoms with Crippen LogP contribution in [0.15, 0.2) is 30.6 Å². The fourth-order valence-electron chi connectivity index (χ4n) is 3.67. The molecule has 5 heteroatoms. The average molecular weight is 369 g/mol. The lowest BCUT2D eigenvalue weighted by Gasteiger charge is -2.32. The minimum Gasteiger partial charge on any atom is -0.382 e. The second kappa shape index (κ2) is 8.15. The predicted molar refractivity (Wildman–Crippen MR) is 110 cm³/mol. The maximum Gasteiger partial charge on any atom is 0.254 e. The van der Waals surface area contributed by atoms with Crippen molar-refractivity contribution in [3.05, 3.63) is 47.3 Å². The number of likely N-dealkylation sites (tertiary alicyclic amines) is 1. The predicted octanol–water partition coefficient (Wildman–Crippen LogP) is 4.20.